The van der Waals surface area contributed by atoms with Gasteiger partial charge < -0.3 is 10.1 Å². The lowest BCUT2D eigenvalue weighted by Crippen LogP contribution is -2.33. The van der Waals surface area contributed by atoms with Crippen molar-refractivity contribution in [3.63, 3.8) is 0 Å². The van der Waals surface area contributed by atoms with Crippen LogP contribution in [-0.4, -0.2) is 25.3 Å². The van der Waals surface area contributed by atoms with Crippen LogP contribution in [0.3, 0.4) is 0 Å². The van der Waals surface area contributed by atoms with Crippen molar-refractivity contribution in [2.75, 3.05) is 13.2 Å². The fourth-order valence-corrected chi connectivity index (χ4v) is 2.50. The zero-order valence-corrected chi connectivity index (χ0v) is 8.59. The van der Waals surface area contributed by atoms with Gasteiger partial charge in [0.25, 0.3) is 0 Å². The van der Waals surface area contributed by atoms with Gasteiger partial charge in [0.1, 0.15) is 0 Å². The van der Waals surface area contributed by atoms with E-state index in [4.69, 9.17) is 4.74 Å². The van der Waals surface area contributed by atoms with Gasteiger partial charge in [-0.25, -0.2) is 0 Å². The van der Waals surface area contributed by atoms with Gasteiger partial charge in [0.2, 0.25) is 0 Å². The van der Waals surface area contributed by atoms with E-state index in [1.807, 2.05) is 0 Å². The zero-order valence-electron chi connectivity index (χ0n) is 8.59. The first-order valence-corrected chi connectivity index (χ1v) is 5.69. The molecule has 0 spiro atoms. The average Bonchev–Trinajstić information content (AvgIpc) is 2.71. The van der Waals surface area contributed by atoms with Crippen molar-refractivity contribution in [3.8, 4) is 0 Å². The van der Waals surface area contributed by atoms with Crippen LogP contribution in [0.1, 0.15) is 39.0 Å². The van der Waals surface area contributed by atoms with Gasteiger partial charge >= 0.3 is 0 Å². The molecule has 0 radical (unpaired) electrons. The summed E-state index contributed by atoms with van der Waals surface area (Å²) < 4.78 is 5.58. The molecule has 0 aromatic heterocycles. The van der Waals surface area contributed by atoms with Crippen molar-refractivity contribution in [3.05, 3.63) is 0 Å². The molecule has 2 nitrogen and oxygen atoms in total. The van der Waals surface area contributed by atoms with E-state index < -0.39 is 0 Å². The quantitative estimate of drug-likeness (QED) is 0.722. The molecule has 1 aliphatic heterocycles. The van der Waals surface area contributed by atoms with E-state index in [1.54, 1.807) is 0 Å². The second kappa shape index (κ2) is 4.43. The van der Waals surface area contributed by atoms with Crippen molar-refractivity contribution in [2.45, 2.75) is 51.2 Å². The third-order valence-corrected chi connectivity index (χ3v) is 3.35. The number of hydrogen-bond acceptors (Lipinski definition) is 2. The van der Waals surface area contributed by atoms with Gasteiger partial charge in [0, 0.05) is 19.2 Å². The molecular weight excluding hydrogens is 162 g/mol. The van der Waals surface area contributed by atoms with E-state index in [0.29, 0.717) is 6.10 Å². The molecule has 1 saturated heterocycles. The van der Waals surface area contributed by atoms with Gasteiger partial charge in [0.05, 0.1) is 6.10 Å². The lowest BCUT2D eigenvalue weighted by atomic mass is 10.1. The van der Waals surface area contributed by atoms with Gasteiger partial charge in [-0.2, -0.15) is 0 Å². The molecule has 0 aromatic rings. The summed E-state index contributed by atoms with van der Waals surface area (Å²) in [7, 11) is 0. The Bertz CT molecular complexity index is 154. The molecule has 1 aliphatic carbocycles. The maximum absolute atomic E-state index is 5.58. The zero-order chi connectivity index (χ0) is 9.10. The fourth-order valence-electron chi connectivity index (χ4n) is 2.50. The molecule has 2 heteroatoms. The highest BCUT2D eigenvalue weighted by atomic mass is 16.5. The minimum absolute atomic E-state index is 0.510. The molecule has 3 atom stereocenters. The molecule has 1 saturated carbocycles. The van der Waals surface area contributed by atoms with Crippen LogP contribution >= 0.6 is 0 Å². The SMILES string of the molecule is CC1CCC(NCC2CCCO2)C1. The first-order chi connectivity index (χ1) is 6.34. The lowest BCUT2D eigenvalue weighted by molar-refractivity contribution is 0.107. The van der Waals surface area contributed by atoms with E-state index in [1.165, 1.54) is 32.1 Å². The highest BCUT2D eigenvalue weighted by molar-refractivity contribution is 4.80. The molecular formula is C11H21NO. The van der Waals surface area contributed by atoms with Crippen LogP contribution in [0.15, 0.2) is 0 Å². The van der Waals surface area contributed by atoms with E-state index in [-0.39, 0.29) is 0 Å². The van der Waals surface area contributed by atoms with E-state index in [9.17, 15) is 0 Å². The van der Waals surface area contributed by atoms with Gasteiger partial charge in [-0.05, 0) is 38.0 Å². The smallest absolute Gasteiger partial charge is 0.0700 e. The van der Waals surface area contributed by atoms with Gasteiger partial charge in [0.15, 0.2) is 0 Å². The van der Waals surface area contributed by atoms with E-state index in [2.05, 4.69) is 12.2 Å². The fraction of sp³-hybridized carbons (Fsp3) is 1.00. The largest absolute Gasteiger partial charge is 0.377 e. The molecule has 2 fully saturated rings. The maximum atomic E-state index is 5.58. The molecule has 3 unspecified atom stereocenters. The van der Waals surface area contributed by atoms with Crippen molar-refractivity contribution in [1.29, 1.82) is 0 Å². The Morgan fingerprint density at radius 2 is 2.23 bits per heavy atom. The molecule has 0 bridgehead atoms. The predicted octanol–water partition coefficient (Wildman–Crippen LogP) is 1.94. The molecule has 76 valence electrons. The average molecular weight is 183 g/mol. The van der Waals surface area contributed by atoms with Crippen molar-refractivity contribution in [2.24, 2.45) is 5.92 Å². The van der Waals surface area contributed by atoms with Crippen LogP contribution in [0.4, 0.5) is 0 Å². The van der Waals surface area contributed by atoms with Crippen LogP contribution in [0, 0.1) is 5.92 Å². The first-order valence-electron chi connectivity index (χ1n) is 5.69. The Labute approximate surface area is 81.0 Å². The molecule has 0 aromatic carbocycles. The molecule has 0 amide bonds. The highest BCUT2D eigenvalue weighted by Gasteiger charge is 2.22. The van der Waals surface area contributed by atoms with Crippen molar-refractivity contribution >= 4 is 0 Å². The lowest BCUT2D eigenvalue weighted by Gasteiger charge is -2.15. The number of nitrogens with one attached hydrogen (secondary N) is 1. The highest BCUT2D eigenvalue weighted by Crippen LogP contribution is 2.24. The normalized spacial score (nSPS) is 39.9. The Hall–Kier alpha value is -0.0800. The maximum Gasteiger partial charge on any atom is 0.0700 e. The van der Waals surface area contributed by atoms with Gasteiger partial charge in [-0.1, -0.05) is 6.92 Å². The second-order valence-electron chi connectivity index (χ2n) is 4.66. The third-order valence-electron chi connectivity index (χ3n) is 3.35. The molecule has 2 rings (SSSR count). The van der Waals surface area contributed by atoms with Crippen molar-refractivity contribution < 1.29 is 4.74 Å². The van der Waals surface area contributed by atoms with Crippen molar-refractivity contribution in [1.82, 2.24) is 5.32 Å². The Kier molecular flexibility index (Phi) is 3.23. The van der Waals surface area contributed by atoms with Crippen LogP contribution in [-0.2, 0) is 4.74 Å². The van der Waals surface area contributed by atoms with Gasteiger partial charge in [-0.3, -0.25) is 0 Å². The summed E-state index contributed by atoms with van der Waals surface area (Å²) >= 11 is 0. The van der Waals surface area contributed by atoms with Crippen LogP contribution < -0.4 is 5.32 Å². The standard InChI is InChI=1S/C11H21NO/c1-9-4-5-10(7-9)12-8-11-3-2-6-13-11/h9-12H,2-8H2,1H3. The molecule has 1 N–H and O–H groups in total. The van der Waals surface area contributed by atoms with E-state index in [0.717, 1.165) is 25.1 Å². The van der Waals surface area contributed by atoms with E-state index >= 15 is 0 Å². The summed E-state index contributed by atoms with van der Waals surface area (Å²) in [6.45, 7) is 4.42. The molecule has 2 aliphatic rings. The summed E-state index contributed by atoms with van der Waals surface area (Å²) in [6, 6.07) is 0.777. The first kappa shape index (κ1) is 9.47. The number of rotatable bonds is 3. The summed E-state index contributed by atoms with van der Waals surface area (Å²) in [5.41, 5.74) is 0. The van der Waals surface area contributed by atoms with Crippen LogP contribution in [0.25, 0.3) is 0 Å². The molecule has 1 heterocycles. The number of hydrogen-bond donors (Lipinski definition) is 1. The summed E-state index contributed by atoms with van der Waals surface area (Å²) in [6.07, 6.45) is 7.17. The second-order valence-corrected chi connectivity index (χ2v) is 4.66. The monoisotopic (exact) mass is 183 g/mol. The third kappa shape index (κ3) is 2.68. The summed E-state index contributed by atoms with van der Waals surface area (Å²) in [4.78, 5) is 0. The minimum Gasteiger partial charge on any atom is -0.377 e. The van der Waals surface area contributed by atoms with Crippen LogP contribution in [0.2, 0.25) is 0 Å². The topological polar surface area (TPSA) is 21.3 Å². The predicted molar refractivity (Wildman–Crippen MR) is 53.8 cm³/mol. The Morgan fingerprint density at radius 3 is 2.85 bits per heavy atom. The summed E-state index contributed by atoms with van der Waals surface area (Å²) in [5, 5.41) is 3.63. The Morgan fingerprint density at radius 1 is 1.31 bits per heavy atom. The number of ether oxygens (including phenoxy) is 1. The summed E-state index contributed by atoms with van der Waals surface area (Å²) in [5.74, 6) is 0.932. The van der Waals surface area contributed by atoms with Crippen LogP contribution in [0.5, 0.6) is 0 Å². The minimum atomic E-state index is 0.510. The molecule has 13 heavy (non-hydrogen) atoms. The van der Waals surface area contributed by atoms with Gasteiger partial charge in [-0.15, -0.1) is 0 Å². The Balaban J connectivity index is 1.62.